The Morgan fingerprint density at radius 3 is 2.40 bits per heavy atom. The first-order chi connectivity index (χ1) is 14.3. The fourth-order valence-corrected chi connectivity index (χ4v) is 4.80. The number of benzene rings is 2. The smallest absolute Gasteiger partial charge is 0.283 e. The SMILES string of the molecule is Cc1c(N2C(=O)/C(=C/c3ccc(Cl)c(Cl)c3)SC2=S)c(=O)n(-c2ccccc2)n1C. The van der Waals surface area contributed by atoms with E-state index in [0.717, 1.165) is 17.3 Å². The van der Waals surface area contributed by atoms with E-state index in [4.69, 9.17) is 35.4 Å². The van der Waals surface area contributed by atoms with Crippen LogP contribution in [0.3, 0.4) is 0 Å². The van der Waals surface area contributed by atoms with Gasteiger partial charge in [-0.2, -0.15) is 0 Å². The molecule has 0 saturated carbocycles. The molecule has 9 heteroatoms. The summed E-state index contributed by atoms with van der Waals surface area (Å²) in [5.41, 5.74) is 2.00. The van der Waals surface area contributed by atoms with Crippen molar-refractivity contribution in [3.05, 3.63) is 85.1 Å². The number of anilines is 1. The van der Waals surface area contributed by atoms with Crippen LogP contribution in [0.2, 0.25) is 10.0 Å². The van der Waals surface area contributed by atoms with E-state index in [1.54, 1.807) is 42.9 Å². The number of thiocarbonyl (C=S) groups is 1. The predicted octanol–water partition coefficient (Wildman–Crippen LogP) is 5.20. The molecule has 2 aromatic carbocycles. The topological polar surface area (TPSA) is 47.2 Å². The number of carbonyl (C=O) groups is 1. The van der Waals surface area contributed by atoms with Crippen LogP contribution in [0.5, 0.6) is 0 Å². The normalized spacial score (nSPS) is 15.5. The van der Waals surface area contributed by atoms with Crippen LogP contribution in [0, 0.1) is 6.92 Å². The van der Waals surface area contributed by atoms with Gasteiger partial charge in [-0.25, -0.2) is 4.68 Å². The second kappa shape index (κ2) is 8.07. The largest absolute Gasteiger partial charge is 0.296 e. The van der Waals surface area contributed by atoms with Crippen molar-refractivity contribution in [2.75, 3.05) is 4.90 Å². The lowest BCUT2D eigenvalue weighted by Gasteiger charge is -2.12. The number of hydrogen-bond donors (Lipinski definition) is 0. The monoisotopic (exact) mass is 475 g/mol. The molecule has 0 spiro atoms. The molecule has 30 heavy (non-hydrogen) atoms. The van der Waals surface area contributed by atoms with Crippen LogP contribution < -0.4 is 10.5 Å². The van der Waals surface area contributed by atoms with E-state index in [9.17, 15) is 9.59 Å². The summed E-state index contributed by atoms with van der Waals surface area (Å²) in [5.74, 6) is -0.345. The van der Waals surface area contributed by atoms with E-state index in [2.05, 4.69) is 0 Å². The molecule has 0 radical (unpaired) electrons. The molecule has 2 heterocycles. The van der Waals surface area contributed by atoms with Crippen LogP contribution in [-0.2, 0) is 11.8 Å². The molecule has 0 bridgehead atoms. The molecule has 0 atom stereocenters. The van der Waals surface area contributed by atoms with Gasteiger partial charge in [0, 0.05) is 7.05 Å². The molecule has 1 fully saturated rings. The number of thioether (sulfide) groups is 1. The molecule has 4 rings (SSSR count). The third kappa shape index (κ3) is 3.52. The lowest BCUT2D eigenvalue weighted by Crippen LogP contribution is -2.33. The van der Waals surface area contributed by atoms with Crippen molar-refractivity contribution in [3.8, 4) is 5.69 Å². The van der Waals surface area contributed by atoms with Gasteiger partial charge in [-0.15, -0.1) is 0 Å². The van der Waals surface area contributed by atoms with Crippen molar-refractivity contribution in [1.82, 2.24) is 9.36 Å². The summed E-state index contributed by atoms with van der Waals surface area (Å²) >= 11 is 18.6. The highest BCUT2D eigenvalue weighted by atomic mass is 35.5. The summed E-state index contributed by atoms with van der Waals surface area (Å²) in [7, 11) is 1.77. The van der Waals surface area contributed by atoms with Gasteiger partial charge in [0.25, 0.3) is 11.5 Å². The molecular formula is C21H15Cl2N3O2S2. The van der Waals surface area contributed by atoms with Gasteiger partial charge in [0.1, 0.15) is 5.69 Å². The number of hydrogen-bond acceptors (Lipinski definition) is 4. The number of carbonyl (C=O) groups excluding carboxylic acids is 1. The molecule has 1 aliphatic rings. The average molecular weight is 476 g/mol. The maximum Gasteiger partial charge on any atom is 0.296 e. The van der Waals surface area contributed by atoms with Crippen LogP contribution in [0.1, 0.15) is 11.3 Å². The summed E-state index contributed by atoms with van der Waals surface area (Å²) in [6, 6.07) is 14.3. The Morgan fingerprint density at radius 2 is 1.73 bits per heavy atom. The van der Waals surface area contributed by atoms with Crippen LogP contribution in [0.25, 0.3) is 11.8 Å². The van der Waals surface area contributed by atoms with E-state index in [1.165, 1.54) is 9.58 Å². The zero-order chi connectivity index (χ0) is 21.6. The minimum Gasteiger partial charge on any atom is -0.283 e. The summed E-state index contributed by atoms with van der Waals surface area (Å²) in [4.78, 5) is 28.1. The van der Waals surface area contributed by atoms with Gasteiger partial charge < -0.3 is 0 Å². The number of aromatic nitrogens is 2. The summed E-state index contributed by atoms with van der Waals surface area (Å²) < 4.78 is 3.54. The summed E-state index contributed by atoms with van der Waals surface area (Å²) in [5, 5.41) is 0.827. The maximum atomic E-state index is 13.3. The van der Waals surface area contributed by atoms with Gasteiger partial charge in [-0.05, 0) is 42.8 Å². The Kier molecular flexibility index (Phi) is 5.63. The highest BCUT2D eigenvalue weighted by molar-refractivity contribution is 8.27. The van der Waals surface area contributed by atoms with Crippen molar-refractivity contribution in [2.24, 2.45) is 7.05 Å². The molecule has 5 nitrogen and oxygen atoms in total. The molecule has 0 N–H and O–H groups in total. The van der Waals surface area contributed by atoms with Crippen molar-refractivity contribution in [3.63, 3.8) is 0 Å². The van der Waals surface area contributed by atoms with Crippen molar-refractivity contribution in [2.45, 2.75) is 6.92 Å². The molecular weight excluding hydrogens is 461 g/mol. The van der Waals surface area contributed by atoms with Gasteiger partial charge in [0.2, 0.25) is 0 Å². The molecule has 0 aliphatic carbocycles. The third-order valence-electron chi connectivity index (χ3n) is 4.78. The Bertz CT molecular complexity index is 1280. The van der Waals surface area contributed by atoms with Gasteiger partial charge in [-0.3, -0.25) is 19.2 Å². The van der Waals surface area contributed by atoms with Gasteiger partial charge in [-0.1, -0.05) is 71.4 Å². The average Bonchev–Trinajstić information content (AvgIpc) is 3.11. The minimum atomic E-state index is -0.345. The van der Waals surface area contributed by atoms with E-state index >= 15 is 0 Å². The Labute approximate surface area is 192 Å². The Morgan fingerprint density at radius 1 is 1.03 bits per heavy atom. The number of halogens is 2. The third-order valence-corrected chi connectivity index (χ3v) is 6.82. The number of nitrogens with zero attached hydrogens (tertiary/aromatic N) is 3. The fourth-order valence-electron chi connectivity index (χ4n) is 3.23. The molecule has 152 valence electrons. The zero-order valence-corrected chi connectivity index (χ0v) is 19.1. The van der Waals surface area contributed by atoms with Crippen molar-refractivity contribution in [1.29, 1.82) is 0 Å². The lowest BCUT2D eigenvalue weighted by molar-refractivity contribution is -0.113. The maximum absolute atomic E-state index is 13.3. The van der Waals surface area contributed by atoms with Crippen LogP contribution >= 0.6 is 47.2 Å². The first-order valence-corrected chi connectivity index (χ1v) is 10.8. The molecule has 0 unspecified atom stereocenters. The van der Waals surface area contributed by atoms with Crippen molar-refractivity contribution >= 4 is 69.2 Å². The highest BCUT2D eigenvalue weighted by Gasteiger charge is 2.37. The lowest BCUT2D eigenvalue weighted by atomic mass is 10.2. The second-order valence-electron chi connectivity index (χ2n) is 6.60. The molecule has 1 saturated heterocycles. The van der Waals surface area contributed by atoms with Gasteiger partial charge in [0.05, 0.1) is 26.3 Å². The standard InChI is InChI=1S/C21H15Cl2N3O2S2/c1-12-18(20(28)26(24(12)2)14-6-4-3-5-7-14)25-19(27)17(30-21(25)29)11-13-8-9-15(22)16(23)10-13/h3-11H,1-2H3/b17-11-. The van der Waals surface area contributed by atoms with Gasteiger partial charge >= 0.3 is 0 Å². The molecule has 1 aliphatic heterocycles. The first-order valence-electron chi connectivity index (χ1n) is 8.86. The number of para-hydroxylation sites is 1. The quantitative estimate of drug-likeness (QED) is 0.385. The zero-order valence-electron chi connectivity index (χ0n) is 15.9. The Balaban J connectivity index is 1.78. The molecule has 1 amide bonds. The van der Waals surface area contributed by atoms with Crippen LogP contribution in [-0.4, -0.2) is 19.6 Å². The predicted molar refractivity (Wildman–Crippen MR) is 128 cm³/mol. The van der Waals surface area contributed by atoms with Crippen molar-refractivity contribution < 1.29 is 4.79 Å². The van der Waals surface area contributed by atoms with Gasteiger partial charge in [0.15, 0.2) is 4.32 Å². The van der Waals surface area contributed by atoms with E-state index in [0.29, 0.717) is 30.7 Å². The number of rotatable bonds is 3. The van der Waals surface area contributed by atoms with Crippen LogP contribution in [0.4, 0.5) is 5.69 Å². The molecule has 3 aromatic rings. The summed E-state index contributed by atoms with van der Waals surface area (Å²) in [6.45, 7) is 1.79. The van der Waals surface area contributed by atoms with Crippen LogP contribution in [0.15, 0.2) is 58.2 Å². The Hall–Kier alpha value is -2.32. The molecule has 1 aromatic heterocycles. The van der Waals surface area contributed by atoms with E-state index in [-0.39, 0.29) is 17.2 Å². The number of amides is 1. The fraction of sp³-hybridized carbons (Fsp3) is 0.0952. The minimum absolute atomic E-state index is 0.251. The first kappa shape index (κ1) is 20.9. The highest BCUT2D eigenvalue weighted by Crippen LogP contribution is 2.37. The van der Waals surface area contributed by atoms with E-state index in [1.807, 2.05) is 30.3 Å². The summed E-state index contributed by atoms with van der Waals surface area (Å²) in [6.07, 6.45) is 1.69. The second-order valence-corrected chi connectivity index (χ2v) is 9.09. The van der Waals surface area contributed by atoms with E-state index < -0.39 is 0 Å².